The third-order valence-corrected chi connectivity index (χ3v) is 3.30. The fourth-order valence-corrected chi connectivity index (χ4v) is 2.20. The number of nitro benzene ring substituents is 1. The van der Waals surface area contributed by atoms with E-state index < -0.39 is 16.4 Å². The molecule has 0 fully saturated rings. The van der Waals surface area contributed by atoms with Crippen LogP contribution >= 0.6 is 0 Å². The average Bonchev–Trinajstić information content (AvgIpc) is 2.53. The summed E-state index contributed by atoms with van der Waals surface area (Å²) < 4.78 is 0. The summed E-state index contributed by atoms with van der Waals surface area (Å²) in [6.07, 6.45) is 0.996. The van der Waals surface area contributed by atoms with Gasteiger partial charge in [-0.1, -0.05) is 6.92 Å². The van der Waals surface area contributed by atoms with Crippen molar-refractivity contribution in [1.29, 1.82) is 0 Å². The third-order valence-electron chi connectivity index (χ3n) is 3.30. The first-order chi connectivity index (χ1) is 11.0. The number of non-ortho nitro benzene ring substituents is 1. The van der Waals surface area contributed by atoms with Gasteiger partial charge in [-0.2, -0.15) is 0 Å². The van der Waals surface area contributed by atoms with Gasteiger partial charge in [-0.15, -0.1) is 0 Å². The molecule has 0 unspecified atom stereocenters. The normalized spacial score (nSPS) is 10.7. The number of aromatic amines is 1. The minimum atomic E-state index is -0.541. The van der Waals surface area contributed by atoms with Crippen molar-refractivity contribution in [3.05, 3.63) is 50.3 Å². The van der Waals surface area contributed by atoms with Gasteiger partial charge in [0.15, 0.2) is 0 Å². The van der Waals surface area contributed by atoms with Gasteiger partial charge < -0.3 is 15.6 Å². The van der Waals surface area contributed by atoms with Crippen LogP contribution in [0.2, 0.25) is 0 Å². The summed E-state index contributed by atoms with van der Waals surface area (Å²) in [5.74, 6) is -0.431. The van der Waals surface area contributed by atoms with E-state index in [1.807, 2.05) is 6.92 Å². The Hall–Kier alpha value is -2.74. The fraction of sp³-hybridized carbons (Fsp3) is 0.333. The van der Waals surface area contributed by atoms with E-state index in [4.69, 9.17) is 0 Å². The Bertz CT molecular complexity index is 785. The molecule has 2 rings (SSSR count). The molecule has 0 aliphatic carbocycles. The Morgan fingerprint density at radius 3 is 2.74 bits per heavy atom. The van der Waals surface area contributed by atoms with E-state index >= 15 is 0 Å². The molecule has 1 aromatic carbocycles. The maximum atomic E-state index is 12.3. The van der Waals surface area contributed by atoms with E-state index in [-0.39, 0.29) is 11.3 Å². The second-order valence-electron chi connectivity index (χ2n) is 5.04. The number of nitrogens with zero attached hydrogens (tertiary/aromatic N) is 1. The summed E-state index contributed by atoms with van der Waals surface area (Å²) >= 11 is 0. The molecule has 1 aromatic heterocycles. The number of amides is 1. The van der Waals surface area contributed by atoms with Gasteiger partial charge in [-0.05, 0) is 19.0 Å². The Kier molecular flexibility index (Phi) is 5.42. The number of benzene rings is 1. The lowest BCUT2D eigenvalue weighted by Gasteiger charge is -2.08. The number of nitro groups is 1. The second kappa shape index (κ2) is 7.50. The molecule has 8 nitrogen and oxygen atoms in total. The first-order valence-electron chi connectivity index (χ1n) is 7.33. The SMILES string of the molecule is CCCNCCNC(=O)c1cc(=O)[nH]c2ccc([N+](=O)[O-])cc12. The molecule has 23 heavy (non-hydrogen) atoms. The summed E-state index contributed by atoms with van der Waals surface area (Å²) in [6.45, 7) is 3.92. The van der Waals surface area contributed by atoms with Crippen molar-refractivity contribution in [2.75, 3.05) is 19.6 Å². The van der Waals surface area contributed by atoms with Gasteiger partial charge in [-0.25, -0.2) is 0 Å². The maximum Gasteiger partial charge on any atom is 0.270 e. The average molecular weight is 318 g/mol. The van der Waals surface area contributed by atoms with E-state index in [0.29, 0.717) is 24.0 Å². The molecular formula is C15H18N4O4. The van der Waals surface area contributed by atoms with Crippen molar-refractivity contribution in [1.82, 2.24) is 15.6 Å². The highest BCUT2D eigenvalue weighted by atomic mass is 16.6. The van der Waals surface area contributed by atoms with Crippen molar-refractivity contribution >= 4 is 22.5 Å². The van der Waals surface area contributed by atoms with Crippen LogP contribution in [0.4, 0.5) is 5.69 Å². The monoisotopic (exact) mass is 318 g/mol. The number of H-pyrrole nitrogens is 1. The molecule has 0 bridgehead atoms. The van der Waals surface area contributed by atoms with Gasteiger partial charge in [0.25, 0.3) is 11.6 Å². The number of carbonyl (C=O) groups excluding carboxylic acids is 1. The maximum absolute atomic E-state index is 12.3. The summed E-state index contributed by atoms with van der Waals surface area (Å²) in [5, 5.41) is 17.1. The highest BCUT2D eigenvalue weighted by Crippen LogP contribution is 2.21. The number of nitrogens with one attached hydrogen (secondary N) is 3. The van der Waals surface area contributed by atoms with Crippen LogP contribution in [0.1, 0.15) is 23.7 Å². The van der Waals surface area contributed by atoms with Crippen LogP contribution in [0.3, 0.4) is 0 Å². The minimum Gasteiger partial charge on any atom is -0.351 e. The van der Waals surface area contributed by atoms with Crippen LogP contribution in [-0.4, -0.2) is 35.4 Å². The number of hydrogen-bond acceptors (Lipinski definition) is 5. The largest absolute Gasteiger partial charge is 0.351 e. The molecule has 1 amide bonds. The van der Waals surface area contributed by atoms with E-state index in [1.165, 1.54) is 18.2 Å². The van der Waals surface area contributed by atoms with Crippen LogP contribution in [0, 0.1) is 10.1 Å². The van der Waals surface area contributed by atoms with E-state index in [1.54, 1.807) is 0 Å². The quantitative estimate of drug-likeness (QED) is 0.402. The number of pyridine rings is 1. The fourth-order valence-electron chi connectivity index (χ4n) is 2.20. The molecule has 122 valence electrons. The lowest BCUT2D eigenvalue weighted by atomic mass is 10.1. The number of aromatic nitrogens is 1. The molecule has 0 aliphatic rings. The summed E-state index contributed by atoms with van der Waals surface area (Å²) in [7, 11) is 0. The molecule has 0 aliphatic heterocycles. The van der Waals surface area contributed by atoms with Crippen molar-refractivity contribution in [2.24, 2.45) is 0 Å². The summed E-state index contributed by atoms with van der Waals surface area (Å²) in [4.78, 5) is 36.8. The zero-order valence-corrected chi connectivity index (χ0v) is 12.7. The Balaban J connectivity index is 2.27. The molecule has 0 saturated heterocycles. The standard InChI is InChI=1S/C15H18N4O4/c1-2-5-16-6-7-17-15(21)12-9-14(20)18-13-4-3-10(19(22)23)8-11(12)13/h3-4,8-9,16H,2,5-7H2,1H3,(H,17,21)(H,18,20). The molecule has 2 aromatic rings. The Labute approximate surface area is 132 Å². The van der Waals surface area contributed by atoms with Crippen LogP contribution < -0.4 is 16.2 Å². The zero-order chi connectivity index (χ0) is 16.8. The minimum absolute atomic E-state index is 0.128. The number of hydrogen-bond donors (Lipinski definition) is 3. The predicted octanol–water partition coefficient (Wildman–Crippen LogP) is 1.17. The van der Waals surface area contributed by atoms with Gasteiger partial charge in [0.2, 0.25) is 5.56 Å². The Morgan fingerprint density at radius 1 is 1.26 bits per heavy atom. The molecule has 0 atom stereocenters. The first-order valence-corrected chi connectivity index (χ1v) is 7.33. The summed E-state index contributed by atoms with van der Waals surface area (Å²) in [5.41, 5.74) is -0.0517. The number of fused-ring (bicyclic) bond motifs is 1. The predicted molar refractivity (Wildman–Crippen MR) is 86.7 cm³/mol. The van der Waals surface area contributed by atoms with Crippen molar-refractivity contribution < 1.29 is 9.72 Å². The molecule has 0 saturated carbocycles. The number of carbonyl (C=O) groups is 1. The van der Waals surface area contributed by atoms with Crippen molar-refractivity contribution in [2.45, 2.75) is 13.3 Å². The highest BCUT2D eigenvalue weighted by molar-refractivity contribution is 6.06. The molecule has 0 radical (unpaired) electrons. The van der Waals surface area contributed by atoms with Crippen molar-refractivity contribution in [3.63, 3.8) is 0 Å². The second-order valence-corrected chi connectivity index (χ2v) is 5.04. The smallest absolute Gasteiger partial charge is 0.270 e. The van der Waals surface area contributed by atoms with Crippen LogP contribution in [0.15, 0.2) is 29.1 Å². The van der Waals surface area contributed by atoms with Gasteiger partial charge in [-0.3, -0.25) is 19.7 Å². The topological polar surface area (TPSA) is 117 Å². The van der Waals surface area contributed by atoms with Crippen molar-refractivity contribution in [3.8, 4) is 0 Å². The molecule has 1 heterocycles. The lowest BCUT2D eigenvalue weighted by molar-refractivity contribution is -0.384. The van der Waals surface area contributed by atoms with E-state index in [9.17, 15) is 19.7 Å². The van der Waals surface area contributed by atoms with Gasteiger partial charge >= 0.3 is 0 Å². The molecular weight excluding hydrogens is 300 g/mol. The van der Waals surface area contributed by atoms with Crippen LogP contribution in [0.5, 0.6) is 0 Å². The molecule has 0 spiro atoms. The van der Waals surface area contributed by atoms with Gasteiger partial charge in [0.1, 0.15) is 0 Å². The first kappa shape index (κ1) is 16.6. The summed E-state index contributed by atoms with van der Waals surface area (Å²) in [6, 6.07) is 5.15. The van der Waals surface area contributed by atoms with E-state index in [2.05, 4.69) is 15.6 Å². The van der Waals surface area contributed by atoms with Crippen LogP contribution in [-0.2, 0) is 0 Å². The van der Waals surface area contributed by atoms with Gasteiger partial charge in [0, 0.05) is 42.2 Å². The van der Waals surface area contributed by atoms with E-state index in [0.717, 1.165) is 19.0 Å². The Morgan fingerprint density at radius 2 is 2.04 bits per heavy atom. The molecule has 3 N–H and O–H groups in total. The highest BCUT2D eigenvalue weighted by Gasteiger charge is 2.15. The molecule has 8 heteroatoms. The third kappa shape index (κ3) is 4.13. The lowest BCUT2D eigenvalue weighted by Crippen LogP contribution is -2.32. The van der Waals surface area contributed by atoms with Gasteiger partial charge in [0.05, 0.1) is 10.5 Å². The van der Waals surface area contributed by atoms with Crippen LogP contribution in [0.25, 0.3) is 10.9 Å². The number of rotatable bonds is 7. The zero-order valence-electron chi connectivity index (χ0n) is 12.7.